The lowest BCUT2D eigenvalue weighted by Crippen LogP contribution is -2.27. The molecule has 0 aliphatic carbocycles. The number of nitrogens with two attached hydrogens (primary N) is 1. The van der Waals surface area contributed by atoms with Gasteiger partial charge in [0.25, 0.3) is 0 Å². The van der Waals surface area contributed by atoms with Crippen molar-refractivity contribution in [2.24, 2.45) is 4.99 Å². The summed E-state index contributed by atoms with van der Waals surface area (Å²) in [5.74, 6) is 0.485. The number of rotatable bonds is 3. The second kappa shape index (κ2) is 6.66. The van der Waals surface area contributed by atoms with Crippen molar-refractivity contribution in [3.63, 3.8) is 0 Å². The molecule has 1 aliphatic rings. The molecular weight excluding hydrogens is 312 g/mol. The highest BCUT2D eigenvalue weighted by atomic mass is 32.2. The maximum absolute atomic E-state index is 12.4. The van der Waals surface area contributed by atoms with E-state index in [9.17, 15) is 4.79 Å². The number of amides is 1. The van der Waals surface area contributed by atoms with Crippen LogP contribution >= 0.6 is 11.8 Å². The summed E-state index contributed by atoms with van der Waals surface area (Å²) in [4.78, 5) is 16.7. The fourth-order valence-corrected chi connectivity index (χ4v) is 3.02. The number of thioether (sulfide) groups is 1. The van der Waals surface area contributed by atoms with Crippen molar-refractivity contribution in [1.29, 1.82) is 0 Å². The van der Waals surface area contributed by atoms with Crippen molar-refractivity contribution in [3.8, 4) is 0 Å². The molecule has 0 saturated carbocycles. The molecule has 1 aliphatic heterocycles. The van der Waals surface area contributed by atoms with E-state index < -0.39 is 0 Å². The van der Waals surface area contributed by atoms with E-state index in [1.807, 2.05) is 19.1 Å². The molecule has 0 spiro atoms. The van der Waals surface area contributed by atoms with E-state index in [0.717, 1.165) is 5.56 Å². The van der Waals surface area contributed by atoms with Crippen LogP contribution in [0.2, 0.25) is 0 Å². The third-order valence-electron chi connectivity index (χ3n) is 3.31. The number of benzene rings is 1. The highest BCUT2D eigenvalue weighted by Crippen LogP contribution is 2.26. The molecule has 1 atom stereocenters. The van der Waals surface area contributed by atoms with Gasteiger partial charge in [0.1, 0.15) is 5.25 Å². The molecule has 7 nitrogen and oxygen atoms in total. The summed E-state index contributed by atoms with van der Waals surface area (Å²) in [6.45, 7) is 2.32. The number of hydrogen-bond donors (Lipinski definition) is 3. The number of aromatic nitrogens is 2. The fraction of sp³-hybridized carbons (Fsp3) is 0.200. The second-order valence-electron chi connectivity index (χ2n) is 5.01. The van der Waals surface area contributed by atoms with Crippen LogP contribution in [0.15, 0.2) is 41.5 Å². The number of hydrogen-bond acceptors (Lipinski definition) is 7. The van der Waals surface area contributed by atoms with Crippen molar-refractivity contribution >= 4 is 40.0 Å². The molecular formula is C15H16N6OS. The number of aliphatic imine (C=N–C) groups is 1. The van der Waals surface area contributed by atoms with E-state index in [-0.39, 0.29) is 11.2 Å². The minimum absolute atomic E-state index is 0.115. The molecule has 1 aromatic heterocycles. The number of nitrogen functional groups attached to an aromatic ring is 1. The van der Waals surface area contributed by atoms with Gasteiger partial charge >= 0.3 is 0 Å². The molecule has 2 heterocycles. The van der Waals surface area contributed by atoms with Gasteiger partial charge in [0.15, 0.2) is 11.0 Å². The molecule has 0 radical (unpaired) electrons. The number of carbonyl (C=O) groups excluding carboxylic acids is 1. The van der Waals surface area contributed by atoms with Gasteiger partial charge in [0.2, 0.25) is 5.91 Å². The fourth-order valence-electron chi connectivity index (χ4n) is 2.12. The summed E-state index contributed by atoms with van der Waals surface area (Å²) >= 11 is 1.36. The SMILES string of the molecule is Cc1cccc(N)c1NC(=O)C1CN=C(Nc2cccnn2)S1. The Labute approximate surface area is 137 Å². The lowest BCUT2D eigenvalue weighted by molar-refractivity contribution is -0.115. The largest absolute Gasteiger partial charge is 0.397 e. The molecule has 2 aromatic rings. The molecule has 8 heteroatoms. The molecule has 4 N–H and O–H groups in total. The number of amidine groups is 1. The highest BCUT2D eigenvalue weighted by Gasteiger charge is 2.27. The minimum Gasteiger partial charge on any atom is -0.397 e. The number of aryl methyl sites for hydroxylation is 1. The molecule has 3 rings (SSSR count). The first kappa shape index (κ1) is 15.3. The summed E-state index contributed by atoms with van der Waals surface area (Å²) in [7, 11) is 0. The van der Waals surface area contributed by atoms with E-state index >= 15 is 0 Å². The Bertz CT molecular complexity index is 729. The van der Waals surface area contributed by atoms with E-state index in [1.54, 1.807) is 24.4 Å². The lowest BCUT2D eigenvalue weighted by Gasteiger charge is -2.13. The van der Waals surface area contributed by atoms with Crippen LogP contribution in [0.5, 0.6) is 0 Å². The van der Waals surface area contributed by atoms with E-state index in [1.165, 1.54) is 11.8 Å². The number of para-hydroxylation sites is 1. The molecule has 1 unspecified atom stereocenters. The van der Waals surface area contributed by atoms with Crippen LogP contribution in [-0.4, -0.2) is 33.1 Å². The van der Waals surface area contributed by atoms with Gasteiger partial charge in [-0.3, -0.25) is 9.79 Å². The standard InChI is InChI=1S/C15H16N6OS/c1-9-4-2-5-10(16)13(9)20-14(22)11-8-17-15(23-11)19-12-6-3-7-18-21-12/h2-7,11H,8,16H2,1H3,(H,20,22)(H,17,19,21). The maximum atomic E-state index is 12.4. The van der Waals surface area contributed by atoms with Gasteiger partial charge in [-0.05, 0) is 30.7 Å². The average molecular weight is 328 g/mol. The van der Waals surface area contributed by atoms with Crippen molar-refractivity contribution in [2.45, 2.75) is 12.2 Å². The van der Waals surface area contributed by atoms with Gasteiger partial charge in [-0.15, -0.1) is 5.10 Å². The molecule has 0 bridgehead atoms. The third-order valence-corrected chi connectivity index (χ3v) is 4.41. The Kier molecular flexibility index (Phi) is 4.42. The van der Waals surface area contributed by atoms with Crippen LogP contribution in [0, 0.1) is 6.92 Å². The van der Waals surface area contributed by atoms with Gasteiger partial charge in [-0.2, -0.15) is 5.10 Å². The molecule has 1 amide bonds. The molecule has 0 saturated heterocycles. The number of nitrogens with one attached hydrogen (secondary N) is 2. The minimum atomic E-state index is -0.298. The topological polar surface area (TPSA) is 105 Å². The van der Waals surface area contributed by atoms with Crippen LogP contribution in [0.4, 0.5) is 17.2 Å². The Morgan fingerprint density at radius 3 is 2.96 bits per heavy atom. The molecule has 23 heavy (non-hydrogen) atoms. The summed E-state index contributed by atoms with van der Waals surface area (Å²) in [5.41, 5.74) is 8.07. The highest BCUT2D eigenvalue weighted by molar-refractivity contribution is 8.15. The quantitative estimate of drug-likeness (QED) is 0.743. The zero-order valence-electron chi connectivity index (χ0n) is 12.5. The van der Waals surface area contributed by atoms with E-state index in [2.05, 4.69) is 25.8 Å². The monoisotopic (exact) mass is 328 g/mol. The zero-order valence-corrected chi connectivity index (χ0v) is 13.3. The van der Waals surface area contributed by atoms with Crippen molar-refractivity contribution in [3.05, 3.63) is 42.1 Å². The van der Waals surface area contributed by atoms with Crippen LogP contribution in [0.25, 0.3) is 0 Å². The maximum Gasteiger partial charge on any atom is 0.239 e. The first-order valence-electron chi connectivity index (χ1n) is 7.05. The van der Waals surface area contributed by atoms with E-state index in [4.69, 9.17) is 5.73 Å². The number of anilines is 3. The Hall–Kier alpha value is -2.61. The van der Waals surface area contributed by atoms with Crippen LogP contribution in [0.3, 0.4) is 0 Å². The summed E-state index contributed by atoms with van der Waals surface area (Å²) < 4.78 is 0. The Morgan fingerprint density at radius 2 is 2.22 bits per heavy atom. The summed E-state index contributed by atoms with van der Waals surface area (Å²) in [6.07, 6.45) is 1.59. The normalized spacial score (nSPS) is 16.7. The predicted octanol–water partition coefficient (Wildman–Crippen LogP) is 1.89. The molecule has 1 aromatic carbocycles. The van der Waals surface area contributed by atoms with Gasteiger partial charge in [0.05, 0.1) is 17.9 Å². The van der Waals surface area contributed by atoms with Crippen molar-refractivity contribution < 1.29 is 4.79 Å². The van der Waals surface area contributed by atoms with Gasteiger partial charge in [-0.1, -0.05) is 23.9 Å². The van der Waals surface area contributed by atoms with Gasteiger partial charge in [-0.25, -0.2) is 0 Å². The average Bonchev–Trinajstić information content (AvgIpc) is 3.00. The summed E-state index contributed by atoms with van der Waals surface area (Å²) in [5, 5.41) is 14.0. The first-order chi connectivity index (χ1) is 11.1. The number of carbonyl (C=O) groups is 1. The second-order valence-corrected chi connectivity index (χ2v) is 6.21. The first-order valence-corrected chi connectivity index (χ1v) is 7.93. The van der Waals surface area contributed by atoms with Crippen LogP contribution in [-0.2, 0) is 4.79 Å². The smallest absolute Gasteiger partial charge is 0.239 e. The van der Waals surface area contributed by atoms with Crippen molar-refractivity contribution in [2.75, 3.05) is 22.9 Å². The van der Waals surface area contributed by atoms with Crippen molar-refractivity contribution in [1.82, 2.24) is 10.2 Å². The molecule has 0 fully saturated rings. The zero-order chi connectivity index (χ0) is 16.2. The Balaban J connectivity index is 1.61. The van der Waals surface area contributed by atoms with Crippen LogP contribution < -0.4 is 16.4 Å². The summed E-state index contributed by atoms with van der Waals surface area (Å²) in [6, 6.07) is 9.10. The number of nitrogens with zero attached hydrogens (tertiary/aromatic N) is 3. The Morgan fingerprint density at radius 1 is 1.35 bits per heavy atom. The predicted molar refractivity (Wildman–Crippen MR) is 93.6 cm³/mol. The van der Waals surface area contributed by atoms with Crippen LogP contribution in [0.1, 0.15) is 5.56 Å². The molecule has 118 valence electrons. The van der Waals surface area contributed by atoms with Gasteiger partial charge < -0.3 is 16.4 Å². The lowest BCUT2D eigenvalue weighted by atomic mass is 10.1. The van der Waals surface area contributed by atoms with Gasteiger partial charge in [0, 0.05) is 6.20 Å². The van der Waals surface area contributed by atoms with E-state index in [0.29, 0.717) is 28.9 Å². The third kappa shape index (κ3) is 3.59.